The number of hydrogen-bond acceptors (Lipinski definition) is 8. The Morgan fingerprint density at radius 2 is 2.03 bits per heavy atom. The van der Waals surface area contributed by atoms with Gasteiger partial charge < -0.3 is 15.5 Å². The van der Waals surface area contributed by atoms with Crippen LogP contribution in [0.5, 0.6) is 0 Å². The number of nitrogens with one attached hydrogen (secondary N) is 2. The molecule has 0 unspecified atom stereocenters. The number of amides is 2. The summed E-state index contributed by atoms with van der Waals surface area (Å²) in [6, 6.07) is 3.75. The molecule has 3 aromatic rings. The van der Waals surface area contributed by atoms with Crippen LogP contribution in [-0.4, -0.2) is 55.8 Å². The van der Waals surface area contributed by atoms with E-state index in [1.807, 2.05) is 32.9 Å². The fourth-order valence-electron chi connectivity index (χ4n) is 3.71. The highest BCUT2D eigenvalue weighted by Gasteiger charge is 2.46. The van der Waals surface area contributed by atoms with Crippen molar-refractivity contribution in [2.45, 2.75) is 45.7 Å². The first-order valence-corrected chi connectivity index (χ1v) is 11.6. The van der Waals surface area contributed by atoms with Crippen LogP contribution in [0.3, 0.4) is 0 Å². The second-order valence-electron chi connectivity index (χ2n) is 8.87. The molecular weight excluding hydrogens is 426 g/mol. The van der Waals surface area contributed by atoms with Gasteiger partial charge in [-0.3, -0.25) is 14.6 Å². The first-order chi connectivity index (χ1) is 15.3. The highest BCUT2D eigenvalue weighted by molar-refractivity contribution is 7.18. The second kappa shape index (κ2) is 7.77. The van der Waals surface area contributed by atoms with Crippen LogP contribution >= 0.6 is 11.3 Å². The van der Waals surface area contributed by atoms with Crippen molar-refractivity contribution < 1.29 is 9.59 Å². The number of aromatic nitrogens is 4. The van der Waals surface area contributed by atoms with E-state index in [1.54, 1.807) is 17.3 Å². The Balaban J connectivity index is 1.33. The number of thiazole rings is 1. The first-order valence-electron chi connectivity index (χ1n) is 10.7. The smallest absolute Gasteiger partial charge is 0.274 e. The van der Waals surface area contributed by atoms with Gasteiger partial charge in [0, 0.05) is 30.9 Å². The lowest BCUT2D eigenvalue weighted by Gasteiger charge is -2.39. The molecule has 1 saturated heterocycles. The third-order valence-corrected chi connectivity index (χ3v) is 7.11. The van der Waals surface area contributed by atoms with E-state index in [4.69, 9.17) is 0 Å². The summed E-state index contributed by atoms with van der Waals surface area (Å²) in [6.07, 6.45) is 5.38. The highest BCUT2D eigenvalue weighted by atomic mass is 32.1. The van der Waals surface area contributed by atoms with E-state index < -0.39 is 0 Å². The Morgan fingerprint density at radius 1 is 1.25 bits per heavy atom. The molecule has 2 N–H and O–H groups in total. The molecule has 1 saturated carbocycles. The standard InChI is InChI=1S/C22H25N7O2S/c1-12(14-5-4-8-23-9-14)24-21-27-16(17-18(28-21)25-13(2)32-17)19(30)29-10-15(11-29)26-20(31)22(3)6-7-22/h4-5,8-9,12,15H,6-7,10-11H2,1-3H3,(H,26,31)(H,24,27,28)/t12-/m0/s1. The van der Waals surface area contributed by atoms with Gasteiger partial charge in [0.2, 0.25) is 11.9 Å². The Hall–Kier alpha value is -3.14. The zero-order chi connectivity index (χ0) is 22.5. The maximum atomic E-state index is 13.3. The van der Waals surface area contributed by atoms with E-state index in [2.05, 4.69) is 30.6 Å². The van der Waals surface area contributed by atoms with Crippen molar-refractivity contribution in [2.75, 3.05) is 18.4 Å². The number of likely N-dealkylation sites (tertiary alicyclic amines) is 1. The molecule has 2 amide bonds. The molecule has 9 nitrogen and oxygen atoms in total. The fraction of sp³-hybridized carbons (Fsp3) is 0.455. The molecule has 3 aromatic heterocycles. The number of rotatable bonds is 6. The van der Waals surface area contributed by atoms with Crippen LogP contribution < -0.4 is 10.6 Å². The van der Waals surface area contributed by atoms with Gasteiger partial charge in [-0.2, -0.15) is 4.98 Å². The predicted octanol–water partition coefficient (Wildman–Crippen LogP) is 2.70. The summed E-state index contributed by atoms with van der Waals surface area (Å²) in [5, 5.41) is 7.15. The zero-order valence-corrected chi connectivity index (χ0v) is 19.1. The molecule has 2 aliphatic rings. The van der Waals surface area contributed by atoms with E-state index >= 15 is 0 Å². The molecule has 0 radical (unpaired) electrons. The van der Waals surface area contributed by atoms with E-state index in [0.717, 1.165) is 23.4 Å². The van der Waals surface area contributed by atoms with Gasteiger partial charge in [-0.1, -0.05) is 13.0 Å². The summed E-state index contributed by atoms with van der Waals surface area (Å²) >= 11 is 1.41. The maximum Gasteiger partial charge on any atom is 0.274 e. The molecule has 1 atom stereocenters. The van der Waals surface area contributed by atoms with E-state index in [-0.39, 0.29) is 29.3 Å². The van der Waals surface area contributed by atoms with Gasteiger partial charge in [-0.05, 0) is 38.3 Å². The van der Waals surface area contributed by atoms with Gasteiger partial charge >= 0.3 is 0 Å². The molecule has 0 bridgehead atoms. The van der Waals surface area contributed by atoms with Crippen molar-refractivity contribution in [3.8, 4) is 0 Å². The van der Waals surface area contributed by atoms with Crippen LogP contribution in [0.2, 0.25) is 0 Å². The number of anilines is 1. The van der Waals surface area contributed by atoms with Crippen molar-refractivity contribution in [3.63, 3.8) is 0 Å². The number of fused-ring (bicyclic) bond motifs is 1. The molecule has 0 aromatic carbocycles. The minimum absolute atomic E-state index is 0.00685. The lowest BCUT2D eigenvalue weighted by Crippen LogP contribution is -2.61. The molecular formula is C22H25N7O2S. The third-order valence-electron chi connectivity index (χ3n) is 6.15. The monoisotopic (exact) mass is 451 g/mol. The quantitative estimate of drug-likeness (QED) is 0.592. The highest BCUT2D eigenvalue weighted by Crippen LogP contribution is 2.45. The average molecular weight is 452 g/mol. The molecule has 4 heterocycles. The summed E-state index contributed by atoms with van der Waals surface area (Å²) in [5.41, 5.74) is 1.64. The first kappa shape index (κ1) is 20.7. The number of aryl methyl sites for hydroxylation is 1. The summed E-state index contributed by atoms with van der Waals surface area (Å²) in [6.45, 7) is 6.83. The molecule has 32 heavy (non-hydrogen) atoms. The van der Waals surface area contributed by atoms with Crippen molar-refractivity contribution in [1.29, 1.82) is 0 Å². The van der Waals surface area contributed by atoms with Crippen molar-refractivity contribution in [2.24, 2.45) is 5.41 Å². The van der Waals surface area contributed by atoms with E-state index in [1.165, 1.54) is 11.3 Å². The van der Waals surface area contributed by atoms with Crippen LogP contribution in [-0.2, 0) is 4.79 Å². The second-order valence-corrected chi connectivity index (χ2v) is 10.1. The van der Waals surface area contributed by atoms with Crippen LogP contribution in [0.4, 0.5) is 5.95 Å². The summed E-state index contributed by atoms with van der Waals surface area (Å²) in [5.74, 6) is 0.281. The SMILES string of the molecule is Cc1nc2nc(N[C@@H](C)c3cccnc3)nc(C(=O)N3CC(NC(=O)C4(C)CC4)C3)c2s1. The molecule has 1 aliphatic heterocycles. The average Bonchev–Trinajstić information content (AvgIpc) is 3.39. The predicted molar refractivity (Wildman–Crippen MR) is 121 cm³/mol. The number of hydrogen-bond donors (Lipinski definition) is 2. The maximum absolute atomic E-state index is 13.3. The van der Waals surface area contributed by atoms with Crippen molar-refractivity contribution >= 4 is 39.4 Å². The van der Waals surface area contributed by atoms with E-state index in [9.17, 15) is 9.59 Å². The lowest BCUT2D eigenvalue weighted by atomic mass is 10.0. The van der Waals surface area contributed by atoms with Crippen LogP contribution in [0, 0.1) is 12.3 Å². The van der Waals surface area contributed by atoms with Gasteiger partial charge in [0.05, 0.1) is 17.1 Å². The summed E-state index contributed by atoms with van der Waals surface area (Å²) in [7, 11) is 0. The van der Waals surface area contributed by atoms with Crippen LogP contribution in [0.15, 0.2) is 24.5 Å². The largest absolute Gasteiger partial charge is 0.349 e. The molecule has 1 aliphatic carbocycles. The molecule has 10 heteroatoms. The normalized spacial score (nSPS) is 18.2. The molecule has 0 spiro atoms. The lowest BCUT2D eigenvalue weighted by molar-refractivity contribution is -0.127. The Labute approximate surface area is 189 Å². The number of nitrogens with zero attached hydrogens (tertiary/aromatic N) is 5. The van der Waals surface area contributed by atoms with Gasteiger partial charge in [-0.15, -0.1) is 11.3 Å². The zero-order valence-electron chi connectivity index (χ0n) is 18.3. The van der Waals surface area contributed by atoms with Gasteiger partial charge in [0.25, 0.3) is 5.91 Å². The van der Waals surface area contributed by atoms with E-state index in [0.29, 0.717) is 35.1 Å². The summed E-state index contributed by atoms with van der Waals surface area (Å²) < 4.78 is 0.685. The van der Waals surface area contributed by atoms with Gasteiger partial charge in [-0.25, -0.2) is 9.97 Å². The number of carbonyl (C=O) groups excluding carboxylic acids is 2. The van der Waals surface area contributed by atoms with Crippen LogP contribution in [0.1, 0.15) is 53.8 Å². The topological polar surface area (TPSA) is 113 Å². The molecule has 2 fully saturated rings. The minimum Gasteiger partial charge on any atom is -0.349 e. The number of pyridine rings is 1. The van der Waals surface area contributed by atoms with Crippen molar-refractivity contribution in [1.82, 2.24) is 30.2 Å². The minimum atomic E-state index is -0.213. The molecule has 166 valence electrons. The number of carbonyl (C=O) groups is 2. The van der Waals surface area contributed by atoms with Crippen LogP contribution in [0.25, 0.3) is 10.3 Å². The van der Waals surface area contributed by atoms with Gasteiger partial charge in [0.1, 0.15) is 4.70 Å². The Bertz CT molecular complexity index is 1190. The Morgan fingerprint density at radius 3 is 2.72 bits per heavy atom. The molecule has 5 rings (SSSR count). The fourth-order valence-corrected chi connectivity index (χ4v) is 4.55. The van der Waals surface area contributed by atoms with Crippen molar-refractivity contribution in [3.05, 3.63) is 40.8 Å². The third kappa shape index (κ3) is 3.90. The summed E-state index contributed by atoms with van der Waals surface area (Å²) in [4.78, 5) is 45.0. The Kier molecular flexibility index (Phi) is 5.04. The van der Waals surface area contributed by atoms with Gasteiger partial charge in [0.15, 0.2) is 11.3 Å².